The molecule has 3 N–H and O–H groups in total. The zero-order valence-electron chi connectivity index (χ0n) is 11.0. The van der Waals surface area contributed by atoms with E-state index in [1.807, 2.05) is 13.0 Å². The van der Waals surface area contributed by atoms with Crippen LogP contribution in [0.2, 0.25) is 0 Å². The summed E-state index contributed by atoms with van der Waals surface area (Å²) >= 11 is 0. The van der Waals surface area contributed by atoms with Crippen LogP contribution in [0.25, 0.3) is 0 Å². The van der Waals surface area contributed by atoms with Gasteiger partial charge in [-0.05, 0) is 36.8 Å². The van der Waals surface area contributed by atoms with Gasteiger partial charge in [-0.2, -0.15) is 0 Å². The van der Waals surface area contributed by atoms with E-state index in [9.17, 15) is 19.8 Å². The number of aromatic carboxylic acids is 2. The predicted octanol–water partition coefficient (Wildman–Crippen LogP) is 2.89. The zero-order valence-corrected chi connectivity index (χ0v) is 11.0. The van der Waals surface area contributed by atoms with Crippen LogP contribution < -0.4 is 4.74 Å². The number of aryl methyl sites for hydroxylation is 1. The van der Waals surface area contributed by atoms with E-state index >= 15 is 0 Å². The average molecular weight is 288 g/mol. The maximum Gasteiger partial charge on any atom is 0.340 e. The molecule has 0 radical (unpaired) electrons. The Labute approximate surface area is 119 Å². The Morgan fingerprint density at radius 1 is 1.00 bits per heavy atom. The number of hydrogen-bond donors (Lipinski definition) is 3. The minimum absolute atomic E-state index is 0.150. The van der Waals surface area contributed by atoms with Crippen LogP contribution in [-0.4, -0.2) is 27.3 Å². The summed E-state index contributed by atoms with van der Waals surface area (Å²) in [6.45, 7) is 1.84. The molecular formula is C15H12O6. The van der Waals surface area contributed by atoms with Crippen molar-refractivity contribution in [1.82, 2.24) is 0 Å². The largest absolute Gasteiger partial charge is 0.507 e. The molecule has 6 nitrogen and oxygen atoms in total. The molecule has 0 saturated carbocycles. The lowest BCUT2D eigenvalue weighted by molar-refractivity contribution is 0.0646. The second kappa shape index (κ2) is 5.54. The summed E-state index contributed by atoms with van der Waals surface area (Å²) in [5.41, 5.74) is -0.390. The number of rotatable bonds is 4. The number of ether oxygens (including phenoxy) is 1. The molecule has 21 heavy (non-hydrogen) atoms. The predicted molar refractivity (Wildman–Crippen MR) is 73.3 cm³/mol. The van der Waals surface area contributed by atoms with Crippen LogP contribution in [0.1, 0.15) is 26.3 Å². The fourth-order valence-corrected chi connectivity index (χ4v) is 1.89. The van der Waals surface area contributed by atoms with E-state index in [0.29, 0.717) is 5.75 Å². The van der Waals surface area contributed by atoms with Crippen LogP contribution in [0, 0.1) is 6.92 Å². The highest BCUT2D eigenvalue weighted by Gasteiger charge is 2.25. The summed E-state index contributed by atoms with van der Waals surface area (Å²) in [7, 11) is 0. The van der Waals surface area contributed by atoms with Gasteiger partial charge in [0.1, 0.15) is 28.4 Å². The Morgan fingerprint density at radius 3 is 2.24 bits per heavy atom. The van der Waals surface area contributed by atoms with Gasteiger partial charge in [0.25, 0.3) is 0 Å². The molecule has 0 saturated heterocycles. The molecule has 2 rings (SSSR count). The van der Waals surface area contributed by atoms with Gasteiger partial charge in [0.15, 0.2) is 0 Å². The molecule has 0 spiro atoms. The molecule has 0 bridgehead atoms. The Morgan fingerprint density at radius 2 is 1.67 bits per heavy atom. The fraction of sp³-hybridized carbons (Fsp3) is 0.0667. The number of benzene rings is 2. The number of carboxylic acids is 2. The van der Waals surface area contributed by atoms with Gasteiger partial charge < -0.3 is 20.1 Å². The Hall–Kier alpha value is -3.02. The van der Waals surface area contributed by atoms with Gasteiger partial charge in [-0.25, -0.2) is 9.59 Å². The summed E-state index contributed by atoms with van der Waals surface area (Å²) in [6.07, 6.45) is 0. The minimum atomic E-state index is -1.54. The molecule has 0 unspecified atom stereocenters. The summed E-state index contributed by atoms with van der Waals surface area (Å²) in [5.74, 6) is -3.44. The molecule has 0 fully saturated rings. The number of carboxylic acid groups (broad SMARTS) is 2. The van der Waals surface area contributed by atoms with Crippen molar-refractivity contribution in [2.24, 2.45) is 0 Å². The van der Waals surface area contributed by atoms with E-state index in [1.54, 1.807) is 18.2 Å². The maximum atomic E-state index is 11.3. The fourth-order valence-electron chi connectivity index (χ4n) is 1.89. The molecule has 0 heterocycles. The first-order valence-electron chi connectivity index (χ1n) is 5.97. The highest BCUT2D eigenvalue weighted by molar-refractivity contribution is 6.05. The molecule has 2 aromatic carbocycles. The molecule has 108 valence electrons. The molecule has 0 aliphatic rings. The Kier molecular flexibility index (Phi) is 3.80. The lowest BCUT2D eigenvalue weighted by Crippen LogP contribution is -2.10. The van der Waals surface area contributed by atoms with Crippen molar-refractivity contribution in [2.45, 2.75) is 6.92 Å². The highest BCUT2D eigenvalue weighted by atomic mass is 16.5. The van der Waals surface area contributed by atoms with Crippen LogP contribution in [0.5, 0.6) is 17.2 Å². The first-order valence-corrected chi connectivity index (χ1v) is 5.97. The first kappa shape index (κ1) is 14.4. The van der Waals surface area contributed by atoms with Crippen LogP contribution in [0.15, 0.2) is 36.4 Å². The molecule has 0 aromatic heterocycles. The quantitative estimate of drug-likeness (QED) is 0.799. The standard InChI is InChI=1S/C15H12O6/c1-8-3-2-4-9(7-8)21-11-6-5-10(16)12(14(17)18)13(11)15(19)20/h2-7,16H,1H3,(H,17,18)(H,19,20). The summed E-state index contributed by atoms with van der Waals surface area (Å²) in [5, 5.41) is 27.8. The van der Waals surface area contributed by atoms with E-state index in [-0.39, 0.29) is 5.75 Å². The van der Waals surface area contributed by atoms with Gasteiger partial charge >= 0.3 is 11.9 Å². The first-order chi connectivity index (χ1) is 9.90. The molecule has 0 atom stereocenters. The zero-order chi connectivity index (χ0) is 15.6. The average Bonchev–Trinajstić information content (AvgIpc) is 2.39. The van der Waals surface area contributed by atoms with E-state index < -0.39 is 28.8 Å². The summed E-state index contributed by atoms with van der Waals surface area (Å²) in [4.78, 5) is 22.4. The Bertz CT molecular complexity index is 720. The second-order valence-corrected chi connectivity index (χ2v) is 4.36. The van der Waals surface area contributed by atoms with Gasteiger partial charge in [0.2, 0.25) is 0 Å². The van der Waals surface area contributed by atoms with Crippen molar-refractivity contribution < 1.29 is 29.6 Å². The second-order valence-electron chi connectivity index (χ2n) is 4.36. The van der Waals surface area contributed by atoms with Crippen molar-refractivity contribution >= 4 is 11.9 Å². The van der Waals surface area contributed by atoms with Gasteiger partial charge in [-0.1, -0.05) is 12.1 Å². The third kappa shape index (κ3) is 2.94. The van der Waals surface area contributed by atoms with Crippen molar-refractivity contribution in [3.05, 3.63) is 53.1 Å². The Balaban J connectivity index is 2.56. The van der Waals surface area contributed by atoms with Crippen LogP contribution >= 0.6 is 0 Å². The molecule has 2 aromatic rings. The third-order valence-electron chi connectivity index (χ3n) is 2.79. The summed E-state index contributed by atoms with van der Waals surface area (Å²) in [6, 6.07) is 9.16. The molecule has 0 aliphatic carbocycles. The van der Waals surface area contributed by atoms with E-state index in [2.05, 4.69) is 0 Å². The van der Waals surface area contributed by atoms with Crippen LogP contribution in [0.4, 0.5) is 0 Å². The minimum Gasteiger partial charge on any atom is -0.507 e. The topological polar surface area (TPSA) is 104 Å². The lowest BCUT2D eigenvalue weighted by atomic mass is 10.1. The van der Waals surface area contributed by atoms with Crippen molar-refractivity contribution in [2.75, 3.05) is 0 Å². The smallest absolute Gasteiger partial charge is 0.340 e. The third-order valence-corrected chi connectivity index (χ3v) is 2.79. The van der Waals surface area contributed by atoms with Gasteiger partial charge in [-0.15, -0.1) is 0 Å². The molecule has 0 amide bonds. The number of phenols is 1. The maximum absolute atomic E-state index is 11.3. The van der Waals surface area contributed by atoms with Gasteiger partial charge in [0.05, 0.1) is 0 Å². The van der Waals surface area contributed by atoms with Crippen molar-refractivity contribution in [1.29, 1.82) is 0 Å². The number of hydrogen-bond acceptors (Lipinski definition) is 4. The SMILES string of the molecule is Cc1cccc(Oc2ccc(O)c(C(=O)O)c2C(=O)O)c1. The van der Waals surface area contributed by atoms with Crippen molar-refractivity contribution in [3.8, 4) is 17.2 Å². The van der Waals surface area contributed by atoms with Crippen molar-refractivity contribution in [3.63, 3.8) is 0 Å². The summed E-state index contributed by atoms with van der Waals surface area (Å²) < 4.78 is 5.44. The van der Waals surface area contributed by atoms with Crippen LogP contribution in [-0.2, 0) is 0 Å². The highest BCUT2D eigenvalue weighted by Crippen LogP contribution is 2.33. The van der Waals surface area contributed by atoms with E-state index in [0.717, 1.165) is 11.6 Å². The monoisotopic (exact) mass is 288 g/mol. The number of aromatic hydroxyl groups is 1. The van der Waals surface area contributed by atoms with Gasteiger partial charge in [-0.3, -0.25) is 0 Å². The normalized spacial score (nSPS) is 10.1. The van der Waals surface area contributed by atoms with Gasteiger partial charge in [0, 0.05) is 0 Å². The molecular weight excluding hydrogens is 276 g/mol. The lowest BCUT2D eigenvalue weighted by Gasteiger charge is -2.12. The van der Waals surface area contributed by atoms with Crippen LogP contribution in [0.3, 0.4) is 0 Å². The van der Waals surface area contributed by atoms with E-state index in [4.69, 9.17) is 9.84 Å². The molecule has 6 heteroatoms. The molecule has 0 aliphatic heterocycles. The number of carbonyl (C=O) groups is 2. The van der Waals surface area contributed by atoms with E-state index in [1.165, 1.54) is 6.07 Å².